The molecule has 2 aromatic rings. The maximum absolute atomic E-state index is 12.4. The van der Waals surface area contributed by atoms with Crippen LogP contribution < -0.4 is 10.1 Å². The fraction of sp³-hybridized carbons (Fsp3) is 0.500. The van der Waals surface area contributed by atoms with E-state index < -0.39 is 6.10 Å². The minimum absolute atomic E-state index is 0.0736. The fourth-order valence-corrected chi connectivity index (χ4v) is 3.46. The number of aryl methyl sites for hydroxylation is 2. The highest BCUT2D eigenvalue weighted by atomic mass is 16.5. The van der Waals surface area contributed by atoms with Crippen LogP contribution in [-0.2, 0) is 30.7 Å². The third-order valence-electron chi connectivity index (χ3n) is 4.82. The Hall–Kier alpha value is -2.37. The Balaban J connectivity index is 1.38. The number of amides is 1. The average Bonchev–Trinajstić information content (AvgIpc) is 2.85. The monoisotopic (exact) mass is 326 g/mol. The van der Waals surface area contributed by atoms with Crippen molar-refractivity contribution in [2.75, 3.05) is 0 Å². The van der Waals surface area contributed by atoms with Gasteiger partial charge in [-0.25, -0.2) is 0 Å². The van der Waals surface area contributed by atoms with E-state index in [1.165, 1.54) is 18.4 Å². The molecule has 0 bridgehead atoms. The molecule has 1 aromatic carbocycles. The number of hydrogen-bond acceptors (Lipinski definition) is 4. The van der Waals surface area contributed by atoms with E-state index >= 15 is 0 Å². The first-order chi connectivity index (χ1) is 11.8. The molecular weight excluding hydrogens is 304 g/mol. The molecule has 0 unspecified atom stereocenters. The van der Waals surface area contributed by atoms with E-state index in [2.05, 4.69) is 26.1 Å². The van der Waals surface area contributed by atoms with E-state index in [9.17, 15) is 4.79 Å². The molecule has 1 atom stereocenters. The number of para-hydroxylation sites is 1. The maximum Gasteiger partial charge on any atom is 0.261 e. The molecule has 6 heteroatoms. The standard InChI is InChI=1S/C18H22N4O2/c23-18(15-10-9-13-6-3-4-7-14(13)24-15)19-12-17-21-20-16-8-2-1-5-11-22(16)17/h3-4,6-7,15H,1-2,5,8-12H2,(H,19,23)/t15-/m1/s1. The average molecular weight is 326 g/mol. The first-order valence-electron chi connectivity index (χ1n) is 8.74. The zero-order chi connectivity index (χ0) is 16.4. The number of aromatic nitrogens is 3. The van der Waals surface area contributed by atoms with Crippen LogP contribution >= 0.6 is 0 Å². The SMILES string of the molecule is O=C(NCc1nnc2n1CCCCC2)[C@H]1CCc2ccccc2O1. The van der Waals surface area contributed by atoms with Crippen molar-refractivity contribution in [1.29, 1.82) is 0 Å². The molecule has 0 spiro atoms. The van der Waals surface area contributed by atoms with Crippen molar-refractivity contribution in [1.82, 2.24) is 20.1 Å². The van der Waals surface area contributed by atoms with Crippen LogP contribution in [0.15, 0.2) is 24.3 Å². The van der Waals surface area contributed by atoms with Gasteiger partial charge in [0.05, 0.1) is 6.54 Å². The molecule has 0 radical (unpaired) electrons. The summed E-state index contributed by atoms with van der Waals surface area (Å²) >= 11 is 0. The summed E-state index contributed by atoms with van der Waals surface area (Å²) in [4.78, 5) is 12.4. The van der Waals surface area contributed by atoms with Crippen LogP contribution in [0.3, 0.4) is 0 Å². The van der Waals surface area contributed by atoms with Crippen molar-refractivity contribution in [3.63, 3.8) is 0 Å². The summed E-state index contributed by atoms with van der Waals surface area (Å²) in [5.74, 6) is 2.63. The second-order valence-electron chi connectivity index (χ2n) is 6.47. The van der Waals surface area contributed by atoms with Crippen molar-refractivity contribution in [3.8, 4) is 5.75 Å². The summed E-state index contributed by atoms with van der Waals surface area (Å²) in [5, 5.41) is 11.5. The van der Waals surface area contributed by atoms with Crippen molar-refractivity contribution in [3.05, 3.63) is 41.5 Å². The zero-order valence-corrected chi connectivity index (χ0v) is 13.7. The first-order valence-corrected chi connectivity index (χ1v) is 8.74. The minimum atomic E-state index is -0.425. The van der Waals surface area contributed by atoms with Crippen LogP contribution in [0, 0.1) is 0 Å². The molecule has 1 N–H and O–H groups in total. The molecule has 24 heavy (non-hydrogen) atoms. The van der Waals surface area contributed by atoms with Crippen LogP contribution in [0.2, 0.25) is 0 Å². The van der Waals surface area contributed by atoms with Crippen LogP contribution in [0.1, 0.15) is 42.9 Å². The van der Waals surface area contributed by atoms with Gasteiger partial charge in [0.15, 0.2) is 11.9 Å². The summed E-state index contributed by atoms with van der Waals surface area (Å²) in [5.41, 5.74) is 1.17. The van der Waals surface area contributed by atoms with Gasteiger partial charge in [0, 0.05) is 13.0 Å². The highest BCUT2D eigenvalue weighted by Gasteiger charge is 2.26. The quantitative estimate of drug-likeness (QED) is 0.937. The summed E-state index contributed by atoms with van der Waals surface area (Å²) < 4.78 is 8.00. The van der Waals surface area contributed by atoms with Gasteiger partial charge in [-0.15, -0.1) is 10.2 Å². The smallest absolute Gasteiger partial charge is 0.261 e. The highest BCUT2D eigenvalue weighted by Crippen LogP contribution is 2.27. The summed E-state index contributed by atoms with van der Waals surface area (Å²) in [6, 6.07) is 7.91. The van der Waals surface area contributed by atoms with Crippen molar-refractivity contribution < 1.29 is 9.53 Å². The summed E-state index contributed by atoms with van der Waals surface area (Å²) in [7, 11) is 0. The molecule has 1 aromatic heterocycles. The highest BCUT2D eigenvalue weighted by molar-refractivity contribution is 5.81. The first kappa shape index (κ1) is 15.2. The van der Waals surface area contributed by atoms with Crippen LogP contribution in [0.4, 0.5) is 0 Å². The third kappa shape index (κ3) is 3.00. The number of nitrogens with one attached hydrogen (secondary N) is 1. The molecule has 4 rings (SSSR count). The molecule has 3 heterocycles. The largest absolute Gasteiger partial charge is 0.480 e. The number of carbonyl (C=O) groups is 1. The van der Waals surface area contributed by atoms with E-state index in [4.69, 9.17) is 4.74 Å². The molecule has 0 saturated heterocycles. The Labute approximate surface area is 141 Å². The number of benzene rings is 1. The van der Waals surface area contributed by atoms with Crippen LogP contribution in [0.25, 0.3) is 0 Å². The second-order valence-corrected chi connectivity index (χ2v) is 6.47. The molecule has 6 nitrogen and oxygen atoms in total. The predicted molar refractivity (Wildman–Crippen MR) is 88.6 cm³/mol. The van der Waals surface area contributed by atoms with Gasteiger partial charge in [0.2, 0.25) is 0 Å². The molecule has 0 fully saturated rings. The number of hydrogen-bond donors (Lipinski definition) is 1. The van der Waals surface area contributed by atoms with E-state index in [0.717, 1.165) is 43.2 Å². The zero-order valence-electron chi connectivity index (χ0n) is 13.7. The Morgan fingerprint density at radius 3 is 3.08 bits per heavy atom. The Morgan fingerprint density at radius 1 is 1.21 bits per heavy atom. The molecule has 1 amide bonds. The Bertz CT molecular complexity index is 740. The predicted octanol–water partition coefficient (Wildman–Crippen LogP) is 2.01. The normalized spacial score (nSPS) is 19.6. The van der Waals surface area contributed by atoms with Gasteiger partial charge in [0.1, 0.15) is 11.6 Å². The molecule has 2 aliphatic heterocycles. The fourth-order valence-electron chi connectivity index (χ4n) is 3.46. The lowest BCUT2D eigenvalue weighted by Crippen LogP contribution is -2.40. The number of carbonyl (C=O) groups excluding carboxylic acids is 1. The summed E-state index contributed by atoms with van der Waals surface area (Å²) in [6.45, 7) is 1.36. The lowest BCUT2D eigenvalue weighted by Gasteiger charge is -2.25. The van der Waals surface area contributed by atoms with Gasteiger partial charge in [-0.3, -0.25) is 4.79 Å². The van der Waals surface area contributed by atoms with E-state index in [1.807, 2.05) is 18.2 Å². The lowest BCUT2D eigenvalue weighted by molar-refractivity contribution is -0.128. The van der Waals surface area contributed by atoms with Gasteiger partial charge in [0.25, 0.3) is 5.91 Å². The molecule has 0 saturated carbocycles. The van der Waals surface area contributed by atoms with Crippen molar-refractivity contribution in [2.45, 2.75) is 57.7 Å². The Morgan fingerprint density at radius 2 is 2.12 bits per heavy atom. The van der Waals surface area contributed by atoms with Gasteiger partial charge in [-0.05, 0) is 37.3 Å². The molecule has 126 valence electrons. The van der Waals surface area contributed by atoms with E-state index in [0.29, 0.717) is 13.0 Å². The van der Waals surface area contributed by atoms with Crippen LogP contribution in [-0.4, -0.2) is 26.8 Å². The van der Waals surface area contributed by atoms with Gasteiger partial charge in [-0.1, -0.05) is 24.6 Å². The number of fused-ring (bicyclic) bond motifs is 2. The van der Waals surface area contributed by atoms with E-state index in [-0.39, 0.29) is 5.91 Å². The van der Waals surface area contributed by atoms with Crippen LogP contribution in [0.5, 0.6) is 5.75 Å². The second kappa shape index (κ2) is 6.63. The lowest BCUT2D eigenvalue weighted by atomic mass is 10.0. The minimum Gasteiger partial charge on any atom is -0.480 e. The van der Waals surface area contributed by atoms with Gasteiger partial charge in [-0.2, -0.15) is 0 Å². The topological polar surface area (TPSA) is 69.0 Å². The number of nitrogens with zero attached hydrogens (tertiary/aromatic N) is 3. The number of ether oxygens (including phenoxy) is 1. The summed E-state index contributed by atoms with van der Waals surface area (Å²) in [6.07, 6.45) is 5.67. The molecule has 2 aliphatic rings. The van der Waals surface area contributed by atoms with Gasteiger partial charge < -0.3 is 14.6 Å². The molecular formula is C18H22N4O2. The maximum atomic E-state index is 12.4. The number of rotatable bonds is 3. The molecule has 0 aliphatic carbocycles. The Kier molecular flexibility index (Phi) is 4.19. The van der Waals surface area contributed by atoms with Crippen molar-refractivity contribution >= 4 is 5.91 Å². The third-order valence-corrected chi connectivity index (χ3v) is 4.82. The van der Waals surface area contributed by atoms with E-state index in [1.54, 1.807) is 0 Å². The van der Waals surface area contributed by atoms with Gasteiger partial charge >= 0.3 is 0 Å². The van der Waals surface area contributed by atoms with Crippen molar-refractivity contribution in [2.24, 2.45) is 0 Å².